The van der Waals surface area contributed by atoms with Crippen LogP contribution >= 0.6 is 0 Å². The topological polar surface area (TPSA) is 105 Å². The van der Waals surface area contributed by atoms with Crippen LogP contribution in [0, 0.1) is 5.82 Å². The molecule has 0 spiro atoms. The highest BCUT2D eigenvalue weighted by molar-refractivity contribution is 7.92. The van der Waals surface area contributed by atoms with Gasteiger partial charge in [-0.25, -0.2) is 12.8 Å². The molecule has 0 aliphatic rings. The molecule has 0 saturated heterocycles. The SMILES string of the molecule is CCCNC(=O)[C@@H](C)N(Cc1ccc(F)cc1)C(=O)CN(c1cc(OC)ccc1OC)S(C)(=O)=O. The molecule has 0 aromatic heterocycles. The molecular formula is C24H32FN3O6S. The summed E-state index contributed by atoms with van der Waals surface area (Å²) in [6.45, 7) is 3.28. The van der Waals surface area contributed by atoms with Crippen LogP contribution < -0.4 is 19.1 Å². The third-order valence-electron chi connectivity index (χ3n) is 5.32. The first-order chi connectivity index (χ1) is 16.5. The van der Waals surface area contributed by atoms with Crippen LogP contribution in [0.3, 0.4) is 0 Å². The molecule has 1 atom stereocenters. The molecule has 1 N–H and O–H groups in total. The largest absolute Gasteiger partial charge is 0.497 e. The highest BCUT2D eigenvalue weighted by atomic mass is 32.2. The third-order valence-corrected chi connectivity index (χ3v) is 6.44. The second kappa shape index (κ2) is 12.4. The lowest BCUT2D eigenvalue weighted by Gasteiger charge is -2.32. The molecular weight excluding hydrogens is 477 g/mol. The number of benzene rings is 2. The second-order valence-electron chi connectivity index (χ2n) is 7.92. The van der Waals surface area contributed by atoms with E-state index in [-0.39, 0.29) is 23.9 Å². The number of rotatable bonds is 12. The van der Waals surface area contributed by atoms with Gasteiger partial charge in [0.15, 0.2) is 0 Å². The lowest BCUT2D eigenvalue weighted by Crippen LogP contribution is -2.51. The number of halogens is 1. The number of ether oxygens (including phenoxy) is 2. The first-order valence-corrected chi connectivity index (χ1v) is 12.9. The van der Waals surface area contributed by atoms with Crippen LogP contribution in [0.5, 0.6) is 11.5 Å². The lowest BCUT2D eigenvalue weighted by molar-refractivity contribution is -0.139. The van der Waals surface area contributed by atoms with Crippen molar-refractivity contribution in [2.24, 2.45) is 0 Å². The Morgan fingerprint density at radius 2 is 1.74 bits per heavy atom. The summed E-state index contributed by atoms with van der Waals surface area (Å²) in [6, 6.07) is 9.20. The fourth-order valence-corrected chi connectivity index (χ4v) is 4.20. The number of carbonyl (C=O) groups excluding carboxylic acids is 2. The van der Waals surface area contributed by atoms with E-state index in [9.17, 15) is 22.4 Å². The summed E-state index contributed by atoms with van der Waals surface area (Å²) in [5.41, 5.74) is 0.701. The van der Waals surface area contributed by atoms with Gasteiger partial charge >= 0.3 is 0 Å². The number of methoxy groups -OCH3 is 2. The number of sulfonamides is 1. The molecule has 0 saturated carbocycles. The molecule has 0 aliphatic carbocycles. The van der Waals surface area contributed by atoms with Gasteiger partial charge in [-0.15, -0.1) is 0 Å². The van der Waals surface area contributed by atoms with E-state index in [1.54, 1.807) is 13.0 Å². The number of hydrogen-bond donors (Lipinski definition) is 1. The van der Waals surface area contributed by atoms with Crippen LogP contribution in [0.25, 0.3) is 0 Å². The second-order valence-corrected chi connectivity index (χ2v) is 9.83. The summed E-state index contributed by atoms with van der Waals surface area (Å²) < 4.78 is 50.3. The Labute approximate surface area is 205 Å². The Hall–Kier alpha value is -3.34. The van der Waals surface area contributed by atoms with Crippen LogP contribution in [0.4, 0.5) is 10.1 Å². The van der Waals surface area contributed by atoms with Gasteiger partial charge in [-0.1, -0.05) is 19.1 Å². The van der Waals surface area contributed by atoms with Crippen molar-refractivity contribution in [3.8, 4) is 11.5 Å². The molecule has 2 aromatic rings. The van der Waals surface area contributed by atoms with Gasteiger partial charge in [-0.2, -0.15) is 0 Å². The number of anilines is 1. The van der Waals surface area contributed by atoms with Crippen molar-refractivity contribution in [3.63, 3.8) is 0 Å². The molecule has 2 rings (SSSR count). The van der Waals surface area contributed by atoms with E-state index < -0.39 is 34.3 Å². The molecule has 0 unspecified atom stereocenters. The van der Waals surface area contributed by atoms with Crippen LogP contribution in [0.2, 0.25) is 0 Å². The molecule has 0 bridgehead atoms. The minimum atomic E-state index is -3.94. The quantitative estimate of drug-likeness (QED) is 0.472. The molecule has 0 fully saturated rings. The fourth-order valence-electron chi connectivity index (χ4n) is 3.35. The minimum absolute atomic E-state index is 0.0212. The summed E-state index contributed by atoms with van der Waals surface area (Å²) in [7, 11) is -1.13. The van der Waals surface area contributed by atoms with E-state index >= 15 is 0 Å². The van der Waals surface area contributed by atoms with E-state index in [0.717, 1.165) is 10.6 Å². The Bertz CT molecular complexity index is 1120. The van der Waals surface area contributed by atoms with Crippen molar-refractivity contribution < 1.29 is 31.9 Å². The zero-order valence-electron chi connectivity index (χ0n) is 20.6. The molecule has 35 heavy (non-hydrogen) atoms. The molecule has 0 radical (unpaired) electrons. The van der Waals surface area contributed by atoms with E-state index in [0.29, 0.717) is 24.3 Å². The first-order valence-electron chi connectivity index (χ1n) is 11.0. The number of amides is 2. The molecule has 192 valence electrons. The van der Waals surface area contributed by atoms with Gasteiger partial charge in [0.25, 0.3) is 0 Å². The van der Waals surface area contributed by atoms with Gasteiger partial charge in [0.1, 0.15) is 29.9 Å². The third kappa shape index (κ3) is 7.57. The maximum atomic E-state index is 13.5. The van der Waals surface area contributed by atoms with Crippen LogP contribution in [0.1, 0.15) is 25.8 Å². The minimum Gasteiger partial charge on any atom is -0.497 e. The highest BCUT2D eigenvalue weighted by Crippen LogP contribution is 2.34. The Kier molecular flexibility index (Phi) is 9.88. The zero-order valence-corrected chi connectivity index (χ0v) is 21.4. The normalized spacial score (nSPS) is 11.9. The molecule has 2 aromatic carbocycles. The Morgan fingerprint density at radius 3 is 2.29 bits per heavy atom. The summed E-state index contributed by atoms with van der Waals surface area (Å²) >= 11 is 0. The maximum absolute atomic E-state index is 13.5. The van der Waals surface area contributed by atoms with E-state index in [1.807, 2.05) is 6.92 Å². The van der Waals surface area contributed by atoms with Gasteiger partial charge in [-0.05, 0) is 43.2 Å². The summed E-state index contributed by atoms with van der Waals surface area (Å²) in [6.07, 6.45) is 1.68. The van der Waals surface area contributed by atoms with E-state index in [1.165, 1.54) is 55.5 Å². The van der Waals surface area contributed by atoms with Crippen molar-refractivity contribution in [1.29, 1.82) is 0 Å². The summed E-state index contributed by atoms with van der Waals surface area (Å²) in [5, 5.41) is 2.75. The van der Waals surface area contributed by atoms with Crippen LogP contribution in [-0.2, 0) is 26.2 Å². The molecule has 0 aliphatic heterocycles. The predicted molar refractivity (Wildman–Crippen MR) is 131 cm³/mol. The lowest BCUT2D eigenvalue weighted by atomic mass is 10.1. The van der Waals surface area contributed by atoms with Crippen molar-refractivity contribution in [1.82, 2.24) is 10.2 Å². The van der Waals surface area contributed by atoms with Gasteiger partial charge in [-0.3, -0.25) is 13.9 Å². The fraction of sp³-hybridized carbons (Fsp3) is 0.417. The smallest absolute Gasteiger partial charge is 0.244 e. The van der Waals surface area contributed by atoms with Crippen LogP contribution in [-0.4, -0.2) is 64.7 Å². The Morgan fingerprint density at radius 1 is 1.09 bits per heavy atom. The predicted octanol–water partition coefficient (Wildman–Crippen LogP) is 2.55. The Balaban J connectivity index is 2.45. The molecule has 2 amide bonds. The number of nitrogens with zero attached hydrogens (tertiary/aromatic N) is 2. The maximum Gasteiger partial charge on any atom is 0.244 e. The summed E-state index contributed by atoms with van der Waals surface area (Å²) in [5.74, 6) is -0.843. The van der Waals surface area contributed by atoms with E-state index in [4.69, 9.17) is 9.47 Å². The number of hydrogen-bond acceptors (Lipinski definition) is 6. The van der Waals surface area contributed by atoms with Crippen LogP contribution in [0.15, 0.2) is 42.5 Å². The van der Waals surface area contributed by atoms with E-state index in [2.05, 4.69) is 5.32 Å². The van der Waals surface area contributed by atoms with Gasteiger partial charge in [0.05, 0.1) is 26.2 Å². The standard InChI is InChI=1S/C24H32FN3O6S/c1-6-13-26-24(30)17(2)27(15-18-7-9-19(25)10-8-18)23(29)16-28(35(5,31)32)21-14-20(33-3)11-12-22(21)34-4/h7-12,14,17H,6,13,15-16H2,1-5H3,(H,26,30)/t17-/m1/s1. The van der Waals surface area contributed by atoms with Gasteiger partial charge < -0.3 is 19.7 Å². The highest BCUT2D eigenvalue weighted by Gasteiger charge is 2.31. The average molecular weight is 510 g/mol. The average Bonchev–Trinajstić information content (AvgIpc) is 2.83. The first kappa shape index (κ1) is 27.9. The molecule has 9 nitrogen and oxygen atoms in total. The molecule has 11 heteroatoms. The van der Waals surface area contributed by atoms with Crippen molar-refractivity contribution in [3.05, 3.63) is 53.8 Å². The number of nitrogens with one attached hydrogen (secondary N) is 1. The summed E-state index contributed by atoms with van der Waals surface area (Å²) in [4.78, 5) is 27.5. The zero-order chi connectivity index (χ0) is 26.2. The number of carbonyl (C=O) groups is 2. The van der Waals surface area contributed by atoms with Crippen molar-refractivity contribution in [2.75, 3.05) is 37.9 Å². The van der Waals surface area contributed by atoms with Gasteiger partial charge in [0, 0.05) is 19.2 Å². The monoisotopic (exact) mass is 509 g/mol. The van der Waals surface area contributed by atoms with Crippen molar-refractivity contribution in [2.45, 2.75) is 32.9 Å². The van der Waals surface area contributed by atoms with Gasteiger partial charge in [0.2, 0.25) is 21.8 Å². The molecule has 0 heterocycles. The van der Waals surface area contributed by atoms with Crippen molar-refractivity contribution >= 4 is 27.5 Å².